The van der Waals surface area contributed by atoms with Gasteiger partial charge in [-0.1, -0.05) is 12.1 Å². The van der Waals surface area contributed by atoms with Gasteiger partial charge in [-0.25, -0.2) is 4.68 Å². The van der Waals surface area contributed by atoms with Gasteiger partial charge in [-0.05, 0) is 48.2 Å². The van der Waals surface area contributed by atoms with E-state index in [4.69, 9.17) is 19.6 Å². The fraction of sp³-hybridized carbons (Fsp3) is 0.167. The molecule has 2 N–H and O–H groups in total. The van der Waals surface area contributed by atoms with Crippen LogP contribution in [0.2, 0.25) is 0 Å². The molecular weight excluding hydrogens is 452 g/mol. The summed E-state index contributed by atoms with van der Waals surface area (Å²) < 4.78 is 12.7. The Labute approximate surface area is 200 Å². The number of fused-ring (bicyclic) bond motifs is 1. The Hall–Kier alpha value is -4.18. The maximum atomic E-state index is 13.5. The third-order valence-electron chi connectivity index (χ3n) is 5.48. The highest BCUT2D eigenvalue weighted by Crippen LogP contribution is 2.40. The van der Waals surface area contributed by atoms with Gasteiger partial charge in [-0.2, -0.15) is 4.98 Å². The van der Waals surface area contributed by atoms with Crippen LogP contribution in [0, 0.1) is 0 Å². The number of hydrogen-bond donors (Lipinski definition) is 2. The molecule has 4 aromatic rings. The van der Waals surface area contributed by atoms with Gasteiger partial charge in [0.25, 0.3) is 5.91 Å². The first-order chi connectivity index (χ1) is 16.6. The second-order valence-corrected chi connectivity index (χ2v) is 8.51. The van der Waals surface area contributed by atoms with Gasteiger partial charge in [0.2, 0.25) is 5.95 Å². The molecule has 1 aliphatic rings. The molecule has 34 heavy (non-hydrogen) atoms. The van der Waals surface area contributed by atoms with Crippen molar-refractivity contribution in [3.05, 3.63) is 77.1 Å². The normalized spacial score (nSPS) is 14.9. The molecule has 1 atom stereocenters. The van der Waals surface area contributed by atoms with Crippen LogP contribution in [0.25, 0.3) is 10.7 Å². The lowest BCUT2D eigenvalue weighted by Crippen LogP contribution is -2.31. The minimum atomic E-state index is -0.547. The molecule has 172 valence electrons. The number of nitrogens with one attached hydrogen (secondary N) is 2. The zero-order valence-corrected chi connectivity index (χ0v) is 19.6. The molecule has 0 saturated heterocycles. The third-order valence-corrected chi connectivity index (χ3v) is 6.35. The molecule has 3 aromatic heterocycles. The average molecular weight is 475 g/mol. The number of amides is 1. The van der Waals surface area contributed by atoms with Crippen LogP contribution in [-0.4, -0.2) is 39.9 Å². The van der Waals surface area contributed by atoms with Crippen LogP contribution >= 0.6 is 11.3 Å². The number of benzene rings is 1. The Morgan fingerprint density at radius 3 is 2.71 bits per heavy atom. The summed E-state index contributed by atoms with van der Waals surface area (Å²) in [6.45, 7) is 1.86. The molecule has 4 heterocycles. The Kier molecular flexibility index (Phi) is 5.72. The average Bonchev–Trinajstić information content (AvgIpc) is 3.53. The first-order valence-electron chi connectivity index (χ1n) is 10.5. The highest BCUT2D eigenvalue weighted by atomic mass is 32.1. The van der Waals surface area contributed by atoms with Crippen LogP contribution in [-0.2, 0) is 4.79 Å². The number of carbonyl (C=O) groups is 1. The summed E-state index contributed by atoms with van der Waals surface area (Å²) in [5.41, 5.74) is 2.59. The van der Waals surface area contributed by atoms with Gasteiger partial charge in [0.1, 0.15) is 6.04 Å². The number of hydrogen-bond acceptors (Lipinski definition) is 8. The monoisotopic (exact) mass is 474 g/mol. The largest absolute Gasteiger partial charge is 0.493 e. The number of carbonyl (C=O) groups excluding carboxylic acids is 1. The SMILES string of the molecule is COc1ccc([C@H]2C(C(=O)Nc3cccnc3)=C(C)Nc3nc(-c4cccs4)nn32)cc1OC. The van der Waals surface area contributed by atoms with Crippen LogP contribution in [0.3, 0.4) is 0 Å². The summed E-state index contributed by atoms with van der Waals surface area (Å²) in [4.78, 5) is 23.2. The predicted molar refractivity (Wildman–Crippen MR) is 130 cm³/mol. The molecule has 5 rings (SSSR count). The molecule has 0 bridgehead atoms. The number of allylic oxidation sites excluding steroid dienone is 1. The molecule has 0 aliphatic carbocycles. The maximum Gasteiger partial charge on any atom is 0.255 e. The maximum absolute atomic E-state index is 13.5. The van der Waals surface area contributed by atoms with Gasteiger partial charge in [-0.15, -0.1) is 16.4 Å². The van der Waals surface area contributed by atoms with E-state index >= 15 is 0 Å². The van der Waals surface area contributed by atoms with E-state index in [9.17, 15) is 4.79 Å². The standard InChI is InChI=1S/C24H22N6O3S/c1-14-20(23(31)27-16-6-4-10-25-13-16)21(15-8-9-17(32-2)18(12-15)33-3)30-24(26-14)28-22(29-30)19-7-5-11-34-19/h4-13,21H,1-3H3,(H,27,31)(H,26,28,29)/t21-/m0/s1. The van der Waals surface area contributed by atoms with E-state index in [2.05, 4.69) is 15.6 Å². The van der Waals surface area contributed by atoms with Crippen LogP contribution in [0.1, 0.15) is 18.5 Å². The minimum Gasteiger partial charge on any atom is -0.493 e. The molecule has 1 aliphatic heterocycles. The minimum absolute atomic E-state index is 0.267. The molecule has 9 nitrogen and oxygen atoms in total. The highest BCUT2D eigenvalue weighted by Gasteiger charge is 2.35. The number of anilines is 2. The molecular formula is C24H22N6O3S. The summed E-state index contributed by atoms with van der Waals surface area (Å²) >= 11 is 1.55. The van der Waals surface area contributed by atoms with Crippen LogP contribution < -0.4 is 20.1 Å². The first kappa shape index (κ1) is 21.7. The Morgan fingerprint density at radius 2 is 2.00 bits per heavy atom. The second kappa shape index (κ2) is 8.99. The van der Waals surface area contributed by atoms with Gasteiger partial charge in [0.05, 0.1) is 36.6 Å². The van der Waals surface area contributed by atoms with Crippen molar-refractivity contribution in [2.24, 2.45) is 0 Å². The van der Waals surface area contributed by atoms with Crippen molar-refractivity contribution in [1.29, 1.82) is 0 Å². The van der Waals surface area contributed by atoms with Crippen molar-refractivity contribution in [2.75, 3.05) is 24.9 Å². The lowest BCUT2D eigenvalue weighted by molar-refractivity contribution is -0.113. The van der Waals surface area contributed by atoms with E-state index in [1.54, 1.807) is 54.8 Å². The van der Waals surface area contributed by atoms with E-state index in [0.29, 0.717) is 40.2 Å². The molecule has 0 saturated carbocycles. The van der Waals surface area contributed by atoms with E-state index in [1.165, 1.54) is 0 Å². The van der Waals surface area contributed by atoms with Crippen molar-refractivity contribution in [3.8, 4) is 22.2 Å². The quantitative estimate of drug-likeness (QED) is 0.428. The fourth-order valence-corrected chi connectivity index (χ4v) is 4.57. The van der Waals surface area contributed by atoms with Crippen molar-refractivity contribution in [2.45, 2.75) is 13.0 Å². The summed E-state index contributed by atoms with van der Waals surface area (Å²) in [7, 11) is 3.17. The second-order valence-electron chi connectivity index (χ2n) is 7.56. The molecule has 1 amide bonds. The van der Waals surface area contributed by atoms with Gasteiger partial charge in [0, 0.05) is 11.9 Å². The van der Waals surface area contributed by atoms with Crippen molar-refractivity contribution >= 4 is 28.9 Å². The van der Waals surface area contributed by atoms with Gasteiger partial charge in [-0.3, -0.25) is 9.78 Å². The van der Waals surface area contributed by atoms with E-state index in [1.807, 2.05) is 42.6 Å². The van der Waals surface area contributed by atoms with Crippen LogP contribution in [0.5, 0.6) is 11.5 Å². The molecule has 0 spiro atoms. The van der Waals surface area contributed by atoms with Gasteiger partial charge in [0.15, 0.2) is 17.3 Å². The third kappa shape index (κ3) is 3.88. The van der Waals surface area contributed by atoms with Crippen LogP contribution in [0.4, 0.5) is 11.6 Å². The molecule has 0 unspecified atom stereocenters. The summed E-state index contributed by atoms with van der Waals surface area (Å²) in [5.74, 6) is 2.03. The highest BCUT2D eigenvalue weighted by molar-refractivity contribution is 7.13. The zero-order chi connectivity index (χ0) is 23.7. The molecule has 0 radical (unpaired) electrons. The summed E-state index contributed by atoms with van der Waals surface area (Å²) in [5, 5.41) is 12.9. The predicted octanol–water partition coefficient (Wildman–Crippen LogP) is 4.35. The van der Waals surface area contributed by atoms with Crippen molar-refractivity contribution < 1.29 is 14.3 Å². The lowest BCUT2D eigenvalue weighted by Gasteiger charge is -2.29. The van der Waals surface area contributed by atoms with Crippen molar-refractivity contribution in [1.82, 2.24) is 19.7 Å². The first-order valence-corrected chi connectivity index (χ1v) is 11.4. The van der Waals surface area contributed by atoms with E-state index < -0.39 is 6.04 Å². The van der Waals surface area contributed by atoms with Crippen molar-refractivity contribution in [3.63, 3.8) is 0 Å². The molecule has 0 fully saturated rings. The number of nitrogens with zero attached hydrogens (tertiary/aromatic N) is 4. The number of rotatable bonds is 6. The topological polar surface area (TPSA) is 103 Å². The zero-order valence-electron chi connectivity index (χ0n) is 18.8. The number of pyridine rings is 1. The number of aromatic nitrogens is 4. The number of ether oxygens (including phenoxy) is 2. The lowest BCUT2D eigenvalue weighted by atomic mass is 9.94. The van der Waals surface area contributed by atoms with E-state index in [0.717, 1.165) is 10.4 Å². The Bertz CT molecular complexity index is 1360. The fourth-order valence-electron chi connectivity index (χ4n) is 3.92. The van der Waals surface area contributed by atoms with Gasteiger partial charge < -0.3 is 20.1 Å². The number of methoxy groups -OCH3 is 2. The number of thiophene rings is 1. The Morgan fingerprint density at radius 1 is 1.15 bits per heavy atom. The summed E-state index contributed by atoms with van der Waals surface area (Å²) in [6.07, 6.45) is 3.26. The summed E-state index contributed by atoms with van der Waals surface area (Å²) in [6, 6.07) is 12.5. The Balaban J connectivity index is 1.63. The van der Waals surface area contributed by atoms with Gasteiger partial charge >= 0.3 is 0 Å². The molecule has 1 aromatic carbocycles. The van der Waals surface area contributed by atoms with Crippen LogP contribution in [0.15, 0.2) is 71.5 Å². The van der Waals surface area contributed by atoms with E-state index in [-0.39, 0.29) is 5.91 Å². The smallest absolute Gasteiger partial charge is 0.255 e. The molecule has 10 heteroatoms.